The zero-order valence-corrected chi connectivity index (χ0v) is 18.7. The van der Waals surface area contributed by atoms with E-state index in [1.165, 1.54) is 0 Å². The third kappa shape index (κ3) is 5.17. The van der Waals surface area contributed by atoms with Gasteiger partial charge in [0.15, 0.2) is 0 Å². The fraction of sp³-hybridized carbons (Fsp3) is 0.100. The van der Waals surface area contributed by atoms with Crippen molar-refractivity contribution in [3.05, 3.63) is 82.8 Å². The number of carbonyl (C=O) groups is 4. The average molecular weight is 528 g/mol. The number of nitro benzene ring substituents is 3. The molecule has 0 aliphatic carbocycles. The largest absolute Gasteiger partial charge is 0.463 e. The van der Waals surface area contributed by atoms with E-state index in [4.69, 9.17) is 0 Å². The highest BCUT2D eigenvalue weighted by Gasteiger charge is 2.41. The zero-order valence-electron chi connectivity index (χ0n) is 18.7. The number of anilines is 1. The number of fused-ring (bicyclic) bond motifs is 1. The molecule has 2 aromatic carbocycles. The number of ketones is 2. The molecule has 0 aliphatic heterocycles. The number of esters is 1. The molecule has 0 radical (unpaired) electrons. The Bertz CT molecular complexity index is 1630. The Labute approximate surface area is 207 Å². The molecule has 0 spiro atoms. The van der Waals surface area contributed by atoms with Gasteiger partial charge in [-0.2, -0.15) is 0 Å². The molecule has 1 amide bonds. The van der Waals surface area contributed by atoms with Crippen molar-refractivity contribution in [3.63, 3.8) is 0 Å². The molecule has 0 bridgehead atoms. The summed E-state index contributed by atoms with van der Waals surface area (Å²) in [5.74, 6) is -9.28. The van der Waals surface area contributed by atoms with Crippen LogP contribution in [0.3, 0.4) is 0 Å². The Hall–Kier alpha value is -5.94. The van der Waals surface area contributed by atoms with Crippen LogP contribution in [0.1, 0.15) is 11.6 Å². The summed E-state index contributed by atoms with van der Waals surface area (Å²) in [4.78, 5) is 99.3. The van der Waals surface area contributed by atoms with E-state index < -0.39 is 78.1 Å². The summed E-state index contributed by atoms with van der Waals surface area (Å²) in [5.41, 5.74) is -5.31. The first-order valence-electron chi connectivity index (χ1n) is 9.94. The minimum atomic E-state index is -2.48. The van der Waals surface area contributed by atoms with Gasteiger partial charge in [-0.25, -0.2) is 9.78 Å². The third-order valence-electron chi connectivity index (χ3n) is 4.96. The Morgan fingerprint density at radius 3 is 2.11 bits per heavy atom. The molecule has 194 valence electrons. The number of methoxy groups -OCH3 is 1. The average Bonchev–Trinajstić information content (AvgIpc) is 2.87. The monoisotopic (exact) mass is 528 g/mol. The van der Waals surface area contributed by atoms with Crippen molar-refractivity contribution < 1.29 is 38.7 Å². The SMILES string of the molecule is COC(=O)C(=O)C(C(=O)C(=O)Nc1ccc([N+](=O)[O-])cc1[N+](=O)[O-])c1nc2ccc([N+](=O)[O-])cc2[nH]c1=O. The smallest absolute Gasteiger partial charge is 0.375 e. The second-order valence-corrected chi connectivity index (χ2v) is 7.23. The first-order chi connectivity index (χ1) is 17.8. The normalized spacial score (nSPS) is 11.3. The minimum Gasteiger partial charge on any atom is -0.463 e. The van der Waals surface area contributed by atoms with Crippen LogP contribution in [-0.2, 0) is 23.9 Å². The second-order valence-electron chi connectivity index (χ2n) is 7.23. The van der Waals surface area contributed by atoms with Crippen LogP contribution < -0.4 is 10.9 Å². The topological polar surface area (TPSA) is 265 Å². The van der Waals surface area contributed by atoms with Gasteiger partial charge in [-0.3, -0.25) is 49.5 Å². The van der Waals surface area contributed by atoms with Crippen molar-refractivity contribution in [3.8, 4) is 0 Å². The number of amides is 1. The number of nitrogens with zero attached hydrogens (tertiary/aromatic N) is 4. The minimum absolute atomic E-state index is 0.160. The molecule has 1 unspecified atom stereocenters. The van der Waals surface area contributed by atoms with Crippen molar-refractivity contribution in [1.29, 1.82) is 0 Å². The number of nitrogens with one attached hydrogen (secondary N) is 2. The molecule has 0 fully saturated rings. The van der Waals surface area contributed by atoms with Gasteiger partial charge < -0.3 is 15.0 Å². The predicted molar refractivity (Wildman–Crippen MR) is 122 cm³/mol. The first kappa shape index (κ1) is 26.7. The van der Waals surface area contributed by atoms with Gasteiger partial charge >= 0.3 is 5.97 Å². The molecular formula is C20H12N6O12. The lowest BCUT2D eigenvalue weighted by molar-refractivity contribution is -0.393. The van der Waals surface area contributed by atoms with Gasteiger partial charge in [0, 0.05) is 18.2 Å². The number of H-pyrrole nitrogens is 1. The van der Waals surface area contributed by atoms with Gasteiger partial charge in [0.1, 0.15) is 17.3 Å². The molecule has 1 aromatic heterocycles. The molecule has 18 nitrogen and oxygen atoms in total. The number of hydrogen-bond donors (Lipinski definition) is 2. The van der Waals surface area contributed by atoms with Crippen molar-refractivity contribution in [2.75, 3.05) is 12.4 Å². The maximum Gasteiger partial charge on any atom is 0.375 e. The molecule has 18 heteroatoms. The number of aromatic amines is 1. The summed E-state index contributed by atoms with van der Waals surface area (Å²) < 4.78 is 4.28. The summed E-state index contributed by atoms with van der Waals surface area (Å²) in [7, 11) is 0.777. The number of benzene rings is 2. The van der Waals surface area contributed by atoms with Crippen LogP contribution in [0.25, 0.3) is 11.0 Å². The number of rotatable bonds is 9. The molecule has 3 aromatic rings. The van der Waals surface area contributed by atoms with E-state index in [1.807, 2.05) is 5.32 Å². The summed E-state index contributed by atoms with van der Waals surface area (Å²) in [6, 6.07) is 5.05. The Balaban J connectivity index is 2.08. The zero-order chi connectivity index (χ0) is 28.3. The molecule has 0 saturated carbocycles. The maximum atomic E-state index is 13.0. The van der Waals surface area contributed by atoms with Crippen molar-refractivity contribution in [2.24, 2.45) is 0 Å². The van der Waals surface area contributed by atoms with Gasteiger partial charge in [-0.05, 0) is 12.1 Å². The Morgan fingerprint density at radius 1 is 0.921 bits per heavy atom. The standard InChI is InChI=1S/C20H12N6O12/c1-38-20(31)17(28)14(15-18(29)23-12-6-8(24(32)33)2-4-10(12)21-15)16(27)19(30)22-11-5-3-9(25(34)35)7-13(11)26(36)37/h2-7,14H,1H3,(H,22,30)(H,23,29). The van der Waals surface area contributed by atoms with E-state index in [9.17, 15) is 54.3 Å². The number of aromatic nitrogens is 2. The van der Waals surface area contributed by atoms with Crippen LogP contribution in [0.15, 0.2) is 41.2 Å². The number of carbonyl (C=O) groups excluding carboxylic acids is 4. The van der Waals surface area contributed by atoms with Crippen molar-refractivity contribution >= 4 is 57.2 Å². The summed E-state index contributed by atoms with van der Waals surface area (Å²) in [6.45, 7) is 0. The van der Waals surface area contributed by atoms with E-state index in [1.54, 1.807) is 0 Å². The predicted octanol–water partition coefficient (Wildman–Crippen LogP) is 0.681. The van der Waals surface area contributed by atoms with Crippen molar-refractivity contribution in [2.45, 2.75) is 5.92 Å². The lowest BCUT2D eigenvalue weighted by atomic mass is 9.94. The van der Waals surface area contributed by atoms with E-state index >= 15 is 0 Å². The summed E-state index contributed by atoms with van der Waals surface area (Å²) >= 11 is 0. The number of Topliss-reactive ketones (excluding diaryl/α,β-unsaturated/α-hetero) is 2. The number of non-ortho nitro benzene ring substituents is 2. The summed E-state index contributed by atoms with van der Waals surface area (Å²) in [5, 5.41) is 35.0. The summed E-state index contributed by atoms with van der Waals surface area (Å²) in [6.07, 6.45) is 0. The number of hydrogen-bond acceptors (Lipinski definition) is 13. The Kier molecular flexibility index (Phi) is 7.27. The van der Waals surface area contributed by atoms with Gasteiger partial charge in [0.25, 0.3) is 34.3 Å². The van der Waals surface area contributed by atoms with E-state index in [0.29, 0.717) is 6.07 Å². The van der Waals surface area contributed by atoms with Gasteiger partial charge in [0.05, 0.1) is 39.0 Å². The lowest BCUT2D eigenvalue weighted by Gasteiger charge is -2.13. The lowest BCUT2D eigenvalue weighted by Crippen LogP contribution is -2.39. The maximum absolute atomic E-state index is 13.0. The second kappa shape index (κ2) is 10.4. The van der Waals surface area contributed by atoms with Crippen LogP contribution in [0.4, 0.5) is 22.7 Å². The molecule has 3 rings (SSSR count). The van der Waals surface area contributed by atoms with Gasteiger partial charge in [-0.15, -0.1) is 0 Å². The van der Waals surface area contributed by atoms with E-state index in [-0.39, 0.29) is 11.0 Å². The quantitative estimate of drug-likeness (QED) is 0.127. The highest BCUT2D eigenvalue weighted by atomic mass is 16.6. The van der Waals surface area contributed by atoms with Crippen LogP contribution in [0, 0.1) is 30.3 Å². The molecule has 38 heavy (non-hydrogen) atoms. The van der Waals surface area contributed by atoms with Gasteiger partial charge in [0.2, 0.25) is 5.78 Å². The molecule has 0 aliphatic rings. The van der Waals surface area contributed by atoms with Crippen LogP contribution in [0.5, 0.6) is 0 Å². The molecular weight excluding hydrogens is 516 g/mol. The van der Waals surface area contributed by atoms with Crippen molar-refractivity contribution in [1.82, 2.24) is 9.97 Å². The van der Waals surface area contributed by atoms with E-state index in [0.717, 1.165) is 37.4 Å². The third-order valence-corrected chi connectivity index (χ3v) is 4.96. The Morgan fingerprint density at radius 2 is 1.53 bits per heavy atom. The molecule has 0 saturated heterocycles. The number of nitro groups is 3. The fourth-order valence-electron chi connectivity index (χ4n) is 3.19. The molecule has 1 atom stereocenters. The van der Waals surface area contributed by atoms with Crippen LogP contribution in [0.2, 0.25) is 0 Å². The molecule has 1 heterocycles. The molecule has 2 N–H and O–H groups in total. The highest BCUT2D eigenvalue weighted by molar-refractivity contribution is 6.52. The van der Waals surface area contributed by atoms with Crippen LogP contribution in [-0.4, -0.2) is 55.3 Å². The van der Waals surface area contributed by atoms with E-state index in [2.05, 4.69) is 14.7 Å². The first-order valence-corrected chi connectivity index (χ1v) is 9.94. The fourth-order valence-corrected chi connectivity index (χ4v) is 3.19. The van der Waals surface area contributed by atoms with Crippen LogP contribution >= 0.6 is 0 Å². The number of ether oxygens (including phenoxy) is 1. The van der Waals surface area contributed by atoms with Gasteiger partial charge in [-0.1, -0.05) is 0 Å². The highest BCUT2D eigenvalue weighted by Crippen LogP contribution is 2.29.